The lowest BCUT2D eigenvalue weighted by atomic mass is 10.1. The zero-order valence-electron chi connectivity index (χ0n) is 16.6. The molecule has 152 valence electrons. The lowest BCUT2D eigenvalue weighted by Crippen LogP contribution is -2.20. The van der Waals surface area contributed by atoms with Crippen LogP contribution in [0.25, 0.3) is 21.8 Å². The molecule has 5 rings (SSSR count). The minimum atomic E-state index is 0. The standard InChI is InChI=1S/C25H23N3O.ClH/c29-25(17-7-1-2-8-17)27-19-15-13-18(14-16-19)26-24-20-9-3-5-11-22(20)28-23-12-6-4-10-21(23)24;/h3-6,9-17H,1-2,7-8H2,(H,26,28)(H,27,29);1H. The second-order valence-electron chi connectivity index (χ2n) is 7.69. The molecule has 0 unspecified atom stereocenters. The molecule has 1 amide bonds. The summed E-state index contributed by atoms with van der Waals surface area (Å²) in [6, 6.07) is 24.3. The highest BCUT2D eigenvalue weighted by Crippen LogP contribution is 2.33. The fourth-order valence-electron chi connectivity index (χ4n) is 4.19. The molecular weight excluding hydrogens is 394 g/mol. The van der Waals surface area contributed by atoms with Crippen molar-refractivity contribution in [1.82, 2.24) is 4.98 Å². The number of fused-ring (bicyclic) bond motifs is 2. The van der Waals surface area contributed by atoms with E-state index < -0.39 is 0 Å². The van der Waals surface area contributed by atoms with Gasteiger partial charge in [-0.15, -0.1) is 12.4 Å². The Bertz CT molecular complexity index is 1130. The predicted molar refractivity (Wildman–Crippen MR) is 127 cm³/mol. The monoisotopic (exact) mass is 417 g/mol. The van der Waals surface area contributed by atoms with E-state index in [4.69, 9.17) is 4.98 Å². The van der Waals surface area contributed by atoms with Gasteiger partial charge in [-0.3, -0.25) is 4.79 Å². The number of nitrogens with one attached hydrogen (secondary N) is 2. The van der Waals surface area contributed by atoms with Crippen LogP contribution in [0, 0.1) is 5.92 Å². The Kier molecular flexibility index (Phi) is 5.86. The summed E-state index contributed by atoms with van der Waals surface area (Å²) in [5.74, 6) is 0.316. The number of carbonyl (C=O) groups excluding carboxylic acids is 1. The quantitative estimate of drug-likeness (QED) is 0.364. The van der Waals surface area contributed by atoms with Crippen molar-refractivity contribution in [3.63, 3.8) is 0 Å². The molecule has 2 N–H and O–H groups in total. The van der Waals surface area contributed by atoms with E-state index in [1.54, 1.807) is 0 Å². The van der Waals surface area contributed by atoms with E-state index >= 15 is 0 Å². The van der Waals surface area contributed by atoms with E-state index in [-0.39, 0.29) is 24.2 Å². The molecule has 1 saturated carbocycles. The molecule has 0 radical (unpaired) electrons. The maximum Gasteiger partial charge on any atom is 0.227 e. The highest BCUT2D eigenvalue weighted by Gasteiger charge is 2.22. The van der Waals surface area contributed by atoms with Crippen molar-refractivity contribution >= 4 is 57.2 Å². The normalized spacial score (nSPS) is 13.9. The topological polar surface area (TPSA) is 54.0 Å². The van der Waals surface area contributed by atoms with E-state index in [9.17, 15) is 4.79 Å². The average Bonchev–Trinajstić information content (AvgIpc) is 3.30. The minimum Gasteiger partial charge on any atom is -0.354 e. The van der Waals surface area contributed by atoms with Crippen molar-refractivity contribution in [2.24, 2.45) is 5.92 Å². The van der Waals surface area contributed by atoms with Crippen LogP contribution >= 0.6 is 12.4 Å². The molecule has 1 aliphatic carbocycles. The molecule has 3 aromatic carbocycles. The highest BCUT2D eigenvalue weighted by molar-refractivity contribution is 6.08. The first kappa shape index (κ1) is 20.2. The van der Waals surface area contributed by atoms with Crippen LogP contribution in [0.3, 0.4) is 0 Å². The lowest BCUT2D eigenvalue weighted by molar-refractivity contribution is -0.119. The Morgan fingerprint density at radius 3 is 1.90 bits per heavy atom. The number of nitrogens with zero attached hydrogens (tertiary/aromatic N) is 1. The van der Waals surface area contributed by atoms with Gasteiger partial charge in [-0.05, 0) is 49.2 Å². The number of hydrogen-bond donors (Lipinski definition) is 2. The zero-order valence-corrected chi connectivity index (χ0v) is 17.4. The van der Waals surface area contributed by atoms with Crippen LogP contribution < -0.4 is 10.6 Å². The summed E-state index contributed by atoms with van der Waals surface area (Å²) in [5.41, 5.74) is 4.81. The number of para-hydroxylation sites is 2. The molecule has 5 heteroatoms. The van der Waals surface area contributed by atoms with Gasteiger partial charge < -0.3 is 10.6 Å². The third-order valence-corrected chi connectivity index (χ3v) is 5.74. The zero-order chi connectivity index (χ0) is 19.6. The molecule has 1 aliphatic rings. The summed E-state index contributed by atoms with van der Waals surface area (Å²) < 4.78 is 0. The van der Waals surface area contributed by atoms with Gasteiger partial charge in [0.1, 0.15) is 0 Å². The Morgan fingerprint density at radius 2 is 1.30 bits per heavy atom. The van der Waals surface area contributed by atoms with Crippen LogP contribution in [-0.2, 0) is 4.79 Å². The molecule has 0 aliphatic heterocycles. The number of pyridine rings is 1. The van der Waals surface area contributed by atoms with Gasteiger partial charge in [0.15, 0.2) is 0 Å². The maximum absolute atomic E-state index is 12.3. The van der Waals surface area contributed by atoms with Gasteiger partial charge in [-0.25, -0.2) is 4.98 Å². The molecule has 4 aromatic rings. The second kappa shape index (κ2) is 8.72. The molecule has 0 saturated heterocycles. The number of hydrogen-bond acceptors (Lipinski definition) is 3. The first-order valence-electron chi connectivity index (χ1n) is 10.2. The molecule has 0 spiro atoms. The average molecular weight is 418 g/mol. The Morgan fingerprint density at radius 1 is 0.767 bits per heavy atom. The van der Waals surface area contributed by atoms with Crippen LogP contribution in [-0.4, -0.2) is 10.9 Å². The first-order valence-corrected chi connectivity index (χ1v) is 10.2. The minimum absolute atomic E-state index is 0. The largest absolute Gasteiger partial charge is 0.354 e. The number of amides is 1. The van der Waals surface area contributed by atoms with Gasteiger partial charge in [0.05, 0.1) is 16.7 Å². The van der Waals surface area contributed by atoms with Crippen molar-refractivity contribution in [3.8, 4) is 0 Å². The van der Waals surface area contributed by atoms with Crippen LogP contribution in [0.2, 0.25) is 0 Å². The molecule has 1 fully saturated rings. The summed E-state index contributed by atoms with van der Waals surface area (Å²) in [6.07, 6.45) is 4.34. The van der Waals surface area contributed by atoms with E-state index in [1.807, 2.05) is 60.7 Å². The number of benzene rings is 3. The summed E-state index contributed by atoms with van der Waals surface area (Å²) in [4.78, 5) is 17.1. The summed E-state index contributed by atoms with van der Waals surface area (Å²) in [7, 11) is 0. The van der Waals surface area contributed by atoms with Gasteiger partial charge in [-0.1, -0.05) is 49.2 Å². The number of anilines is 3. The van der Waals surface area contributed by atoms with Gasteiger partial charge in [-0.2, -0.15) is 0 Å². The molecule has 0 bridgehead atoms. The predicted octanol–water partition coefficient (Wildman–Crippen LogP) is 6.68. The summed E-state index contributed by atoms with van der Waals surface area (Å²) in [6.45, 7) is 0. The van der Waals surface area contributed by atoms with E-state index in [2.05, 4.69) is 22.8 Å². The molecule has 1 heterocycles. The number of halogens is 1. The van der Waals surface area contributed by atoms with E-state index in [0.29, 0.717) is 0 Å². The van der Waals surface area contributed by atoms with Gasteiger partial charge in [0.2, 0.25) is 5.91 Å². The smallest absolute Gasteiger partial charge is 0.227 e. The maximum atomic E-state index is 12.3. The Labute approximate surface area is 182 Å². The van der Waals surface area contributed by atoms with Crippen LogP contribution in [0.1, 0.15) is 25.7 Å². The third kappa shape index (κ3) is 3.96. The second-order valence-corrected chi connectivity index (χ2v) is 7.69. The molecule has 1 aromatic heterocycles. The van der Waals surface area contributed by atoms with Gasteiger partial charge in [0.25, 0.3) is 0 Å². The molecule has 30 heavy (non-hydrogen) atoms. The van der Waals surface area contributed by atoms with Gasteiger partial charge in [0, 0.05) is 28.1 Å². The Balaban J connectivity index is 0.00000218. The highest BCUT2D eigenvalue weighted by atomic mass is 35.5. The van der Waals surface area contributed by atoms with Gasteiger partial charge >= 0.3 is 0 Å². The van der Waals surface area contributed by atoms with Crippen LogP contribution in [0.15, 0.2) is 72.8 Å². The fourth-order valence-corrected chi connectivity index (χ4v) is 4.19. The SMILES string of the molecule is Cl.O=C(Nc1ccc(Nc2c3ccccc3nc3ccccc23)cc1)C1CCCC1. The number of carbonyl (C=O) groups is 1. The van der Waals surface area contributed by atoms with E-state index in [0.717, 1.165) is 64.6 Å². The van der Waals surface area contributed by atoms with E-state index in [1.165, 1.54) is 0 Å². The molecule has 0 atom stereocenters. The third-order valence-electron chi connectivity index (χ3n) is 5.74. The lowest BCUT2D eigenvalue weighted by Gasteiger charge is -2.14. The number of rotatable bonds is 4. The van der Waals surface area contributed by atoms with Crippen molar-refractivity contribution in [1.29, 1.82) is 0 Å². The summed E-state index contributed by atoms with van der Waals surface area (Å²) >= 11 is 0. The fraction of sp³-hybridized carbons (Fsp3) is 0.200. The van der Waals surface area contributed by atoms with Crippen LogP contribution in [0.4, 0.5) is 17.1 Å². The van der Waals surface area contributed by atoms with Crippen molar-refractivity contribution in [2.75, 3.05) is 10.6 Å². The number of aromatic nitrogens is 1. The molecular formula is C25H24ClN3O. The van der Waals surface area contributed by atoms with Crippen LogP contribution in [0.5, 0.6) is 0 Å². The summed E-state index contributed by atoms with van der Waals surface area (Å²) in [5, 5.41) is 8.81. The first-order chi connectivity index (χ1) is 14.3. The Hall–Kier alpha value is -3.11. The molecule has 4 nitrogen and oxygen atoms in total. The van der Waals surface area contributed by atoms with Crippen molar-refractivity contribution < 1.29 is 4.79 Å². The van der Waals surface area contributed by atoms with Crippen molar-refractivity contribution in [2.45, 2.75) is 25.7 Å². The van der Waals surface area contributed by atoms with Crippen molar-refractivity contribution in [3.05, 3.63) is 72.8 Å².